The van der Waals surface area contributed by atoms with Crippen LogP contribution in [-0.2, 0) is 23.1 Å². The number of carbonyl (C=O) groups excluding carboxylic acids is 2. The SMILES string of the molecule is Cn1nc(CC2CCC2)cc1-c1ccc(C#Cc2ccc(C(=O)NC3C(=O)NOC3(C)N)cc2)cc1. The van der Waals surface area contributed by atoms with Crippen molar-refractivity contribution in [2.24, 2.45) is 18.7 Å². The first-order valence-electron chi connectivity index (χ1n) is 12.1. The van der Waals surface area contributed by atoms with E-state index in [-0.39, 0.29) is 0 Å². The zero-order chi connectivity index (χ0) is 25.3. The number of carbonyl (C=O) groups is 2. The van der Waals surface area contributed by atoms with Crippen molar-refractivity contribution in [3.63, 3.8) is 0 Å². The summed E-state index contributed by atoms with van der Waals surface area (Å²) >= 11 is 0. The standard InChI is InChI=1S/C28H29N5O3/c1-28(29)25(27(35)32-36-28)30-26(34)22-14-10-19(11-15-22)7-6-18-8-12-21(13-9-18)24-17-23(31-33(24)2)16-20-4-3-5-20/h8-15,17,20,25H,3-5,16,29H2,1-2H3,(H,30,34)(H,32,35). The lowest BCUT2D eigenvalue weighted by Gasteiger charge is -2.23. The molecule has 1 saturated heterocycles. The molecule has 1 aliphatic carbocycles. The van der Waals surface area contributed by atoms with Crippen molar-refractivity contribution in [3.8, 4) is 23.1 Å². The van der Waals surface area contributed by atoms with Crippen molar-refractivity contribution in [2.75, 3.05) is 0 Å². The summed E-state index contributed by atoms with van der Waals surface area (Å²) in [5, 5.41) is 7.30. The molecule has 0 spiro atoms. The van der Waals surface area contributed by atoms with Crippen LogP contribution >= 0.6 is 0 Å². The third-order valence-corrected chi connectivity index (χ3v) is 6.81. The van der Waals surface area contributed by atoms with Crippen LogP contribution in [0.1, 0.15) is 53.4 Å². The van der Waals surface area contributed by atoms with Gasteiger partial charge >= 0.3 is 0 Å². The monoisotopic (exact) mass is 483 g/mol. The van der Waals surface area contributed by atoms with Crippen LogP contribution in [0.4, 0.5) is 0 Å². The van der Waals surface area contributed by atoms with Crippen LogP contribution in [0.3, 0.4) is 0 Å². The molecule has 2 aliphatic rings. The Labute approximate surface area is 210 Å². The molecular formula is C28H29N5O3. The van der Waals surface area contributed by atoms with Crippen LogP contribution in [-0.4, -0.2) is 33.4 Å². The van der Waals surface area contributed by atoms with Gasteiger partial charge in [0.25, 0.3) is 11.8 Å². The zero-order valence-electron chi connectivity index (χ0n) is 20.4. The minimum absolute atomic E-state index is 0.397. The van der Waals surface area contributed by atoms with Crippen molar-refractivity contribution >= 4 is 11.8 Å². The second-order valence-corrected chi connectivity index (χ2v) is 9.71. The number of hydroxylamine groups is 1. The second kappa shape index (κ2) is 9.61. The lowest BCUT2D eigenvalue weighted by Crippen LogP contribution is -2.56. The number of nitrogens with two attached hydrogens (primary N) is 1. The van der Waals surface area contributed by atoms with Crippen molar-refractivity contribution in [1.29, 1.82) is 0 Å². The summed E-state index contributed by atoms with van der Waals surface area (Å²) in [5.41, 5.74) is 12.2. The lowest BCUT2D eigenvalue weighted by atomic mass is 9.82. The molecule has 2 unspecified atom stereocenters. The minimum Gasteiger partial charge on any atom is -0.336 e. The number of aryl methyl sites for hydroxylation is 1. The van der Waals surface area contributed by atoms with Crippen LogP contribution < -0.4 is 16.5 Å². The van der Waals surface area contributed by atoms with E-state index >= 15 is 0 Å². The number of nitrogens with one attached hydrogen (secondary N) is 2. The highest BCUT2D eigenvalue weighted by molar-refractivity contribution is 5.98. The maximum Gasteiger partial charge on any atom is 0.270 e. The Morgan fingerprint density at radius 3 is 2.36 bits per heavy atom. The Kier molecular flexibility index (Phi) is 6.35. The van der Waals surface area contributed by atoms with Crippen LogP contribution in [0.2, 0.25) is 0 Å². The van der Waals surface area contributed by atoms with Gasteiger partial charge < -0.3 is 5.32 Å². The van der Waals surface area contributed by atoms with Crippen LogP contribution in [0, 0.1) is 17.8 Å². The average Bonchev–Trinajstić information content (AvgIpc) is 3.34. The van der Waals surface area contributed by atoms with E-state index in [0.717, 1.165) is 40.4 Å². The summed E-state index contributed by atoms with van der Waals surface area (Å²) in [7, 11) is 1.99. The van der Waals surface area contributed by atoms with Gasteiger partial charge in [-0.05, 0) is 67.3 Å². The Morgan fingerprint density at radius 1 is 1.17 bits per heavy atom. The van der Waals surface area contributed by atoms with Crippen molar-refractivity contribution in [2.45, 2.75) is 44.4 Å². The molecule has 2 fully saturated rings. The molecule has 2 atom stereocenters. The third kappa shape index (κ3) is 5.03. The smallest absolute Gasteiger partial charge is 0.270 e. The van der Waals surface area contributed by atoms with E-state index in [1.807, 2.05) is 23.9 Å². The van der Waals surface area contributed by atoms with Gasteiger partial charge in [-0.15, -0.1) is 0 Å². The molecule has 8 heteroatoms. The summed E-state index contributed by atoms with van der Waals surface area (Å²) in [6.45, 7) is 1.52. The molecular weight excluding hydrogens is 454 g/mol. The number of benzene rings is 2. The number of rotatable bonds is 5. The Morgan fingerprint density at radius 2 is 1.81 bits per heavy atom. The van der Waals surface area contributed by atoms with Gasteiger partial charge in [0.05, 0.1) is 11.4 Å². The van der Waals surface area contributed by atoms with Gasteiger partial charge in [-0.2, -0.15) is 5.10 Å². The van der Waals surface area contributed by atoms with Crippen molar-refractivity contribution < 1.29 is 14.4 Å². The van der Waals surface area contributed by atoms with Gasteiger partial charge in [0.1, 0.15) is 0 Å². The van der Waals surface area contributed by atoms with E-state index in [9.17, 15) is 9.59 Å². The topological polar surface area (TPSA) is 111 Å². The highest BCUT2D eigenvalue weighted by atomic mass is 16.7. The first-order chi connectivity index (χ1) is 17.3. The predicted octanol–water partition coefficient (Wildman–Crippen LogP) is 2.66. The molecule has 36 heavy (non-hydrogen) atoms. The molecule has 3 aromatic rings. The van der Waals surface area contributed by atoms with Gasteiger partial charge in [-0.3, -0.25) is 20.0 Å². The van der Waals surface area contributed by atoms with E-state index in [0.29, 0.717) is 5.56 Å². The van der Waals surface area contributed by atoms with Crippen LogP contribution in [0.25, 0.3) is 11.3 Å². The molecule has 0 radical (unpaired) electrons. The number of aromatic nitrogens is 2. The number of amides is 2. The molecule has 184 valence electrons. The molecule has 4 N–H and O–H groups in total. The van der Waals surface area contributed by atoms with Gasteiger partial charge in [0.15, 0.2) is 11.8 Å². The molecule has 8 nitrogen and oxygen atoms in total. The fourth-order valence-electron chi connectivity index (χ4n) is 4.42. The highest BCUT2D eigenvalue weighted by Crippen LogP contribution is 2.30. The number of hydrogen-bond donors (Lipinski definition) is 3. The summed E-state index contributed by atoms with van der Waals surface area (Å²) < 4.78 is 1.95. The summed E-state index contributed by atoms with van der Waals surface area (Å²) in [4.78, 5) is 29.4. The third-order valence-electron chi connectivity index (χ3n) is 6.81. The van der Waals surface area contributed by atoms with Crippen molar-refractivity contribution in [1.82, 2.24) is 20.6 Å². The van der Waals surface area contributed by atoms with E-state index in [1.54, 1.807) is 24.3 Å². The lowest BCUT2D eigenvalue weighted by molar-refractivity contribution is -0.126. The van der Waals surface area contributed by atoms with E-state index < -0.39 is 23.6 Å². The molecule has 2 amide bonds. The molecule has 1 aliphatic heterocycles. The zero-order valence-corrected chi connectivity index (χ0v) is 20.4. The van der Waals surface area contributed by atoms with Gasteiger partial charge in [-0.1, -0.05) is 43.2 Å². The van der Waals surface area contributed by atoms with Gasteiger partial charge in [-0.25, -0.2) is 10.3 Å². The van der Waals surface area contributed by atoms with Gasteiger partial charge in [0, 0.05) is 23.7 Å². The quantitative estimate of drug-likeness (QED) is 0.483. The fraction of sp³-hybridized carbons (Fsp3) is 0.321. The van der Waals surface area contributed by atoms with Crippen LogP contribution in [0.15, 0.2) is 54.6 Å². The van der Waals surface area contributed by atoms with E-state index in [2.05, 4.69) is 40.8 Å². The summed E-state index contributed by atoms with van der Waals surface area (Å²) in [6.07, 6.45) is 5.04. The number of hydrogen-bond acceptors (Lipinski definition) is 5. The molecule has 0 bridgehead atoms. The minimum atomic E-state index is -1.32. The summed E-state index contributed by atoms with van der Waals surface area (Å²) in [5.74, 6) is 6.18. The Bertz CT molecular complexity index is 1340. The second-order valence-electron chi connectivity index (χ2n) is 9.71. The van der Waals surface area contributed by atoms with Crippen molar-refractivity contribution in [3.05, 3.63) is 77.0 Å². The van der Waals surface area contributed by atoms with Gasteiger partial charge in [0.2, 0.25) is 0 Å². The largest absolute Gasteiger partial charge is 0.336 e. The summed E-state index contributed by atoms with van der Waals surface area (Å²) in [6, 6.07) is 16.2. The van der Waals surface area contributed by atoms with E-state index in [4.69, 9.17) is 15.7 Å². The average molecular weight is 484 g/mol. The molecule has 2 aromatic carbocycles. The predicted molar refractivity (Wildman–Crippen MR) is 135 cm³/mol. The normalized spacial score (nSPS) is 21.3. The van der Waals surface area contributed by atoms with Crippen LogP contribution in [0.5, 0.6) is 0 Å². The van der Waals surface area contributed by atoms with E-state index in [1.165, 1.54) is 26.2 Å². The highest BCUT2D eigenvalue weighted by Gasteiger charge is 2.45. The Balaban J connectivity index is 1.22. The maximum atomic E-state index is 12.5. The molecule has 1 saturated carbocycles. The molecule has 5 rings (SSSR count). The molecule has 2 heterocycles. The first-order valence-corrected chi connectivity index (χ1v) is 12.1. The first kappa shape index (κ1) is 23.8. The molecule has 1 aromatic heterocycles. The Hall–Kier alpha value is -3.93. The number of nitrogens with zero attached hydrogens (tertiary/aromatic N) is 2. The fourth-order valence-corrected chi connectivity index (χ4v) is 4.42. The maximum absolute atomic E-state index is 12.5.